The molecule has 0 saturated heterocycles. The maximum atomic E-state index is 12.3. The molecule has 2 aromatic carbocycles. The first-order valence-corrected chi connectivity index (χ1v) is 9.13. The fraction of sp³-hybridized carbons (Fsp3) is 0.364. The molecule has 0 unspecified atom stereocenters. The predicted octanol–water partition coefficient (Wildman–Crippen LogP) is 4.81. The van der Waals surface area contributed by atoms with Crippen LogP contribution in [0.3, 0.4) is 0 Å². The van der Waals surface area contributed by atoms with Gasteiger partial charge in [0.25, 0.3) is 0 Å². The molecule has 0 spiro atoms. The van der Waals surface area contributed by atoms with Crippen LogP contribution >= 0.6 is 0 Å². The van der Waals surface area contributed by atoms with Gasteiger partial charge < -0.3 is 15.2 Å². The van der Waals surface area contributed by atoms with Crippen molar-refractivity contribution in [3.05, 3.63) is 60.2 Å². The van der Waals surface area contributed by atoms with Crippen LogP contribution in [0, 0.1) is 5.92 Å². The Kier molecular flexibility index (Phi) is 6.61. The second kappa shape index (κ2) is 8.71. The molecule has 0 heterocycles. The highest BCUT2D eigenvalue weighted by atomic mass is 16.6. The topological polar surface area (TPSA) is 75.6 Å². The molecule has 0 aromatic heterocycles. The van der Waals surface area contributed by atoms with Crippen molar-refractivity contribution < 1.29 is 19.4 Å². The lowest BCUT2D eigenvalue weighted by Crippen LogP contribution is -2.46. The van der Waals surface area contributed by atoms with Gasteiger partial charge in [-0.1, -0.05) is 74.9 Å². The number of rotatable bonds is 7. The summed E-state index contributed by atoms with van der Waals surface area (Å²) in [6.07, 6.45) is -0.0958. The number of nitrogens with one attached hydrogen (secondary N) is 1. The Hall–Kier alpha value is -2.82. The summed E-state index contributed by atoms with van der Waals surface area (Å²) in [7, 11) is 0. The zero-order chi connectivity index (χ0) is 20.0. The minimum atomic E-state index is -1.06. The molecular weight excluding hydrogens is 342 g/mol. The molecule has 144 valence electrons. The number of carboxylic acids is 1. The molecule has 0 saturated carbocycles. The van der Waals surface area contributed by atoms with Gasteiger partial charge in [0, 0.05) is 0 Å². The Labute approximate surface area is 160 Å². The monoisotopic (exact) mass is 369 g/mol. The number of carbonyl (C=O) groups excluding carboxylic acids is 1. The number of carboxylic acid groups (broad SMARTS) is 1. The highest BCUT2D eigenvalue weighted by molar-refractivity contribution is 5.80. The van der Waals surface area contributed by atoms with Crippen molar-refractivity contribution >= 4 is 12.1 Å². The first kappa shape index (κ1) is 20.5. The summed E-state index contributed by atoms with van der Waals surface area (Å²) in [6.45, 7) is 7.23. The third kappa shape index (κ3) is 5.33. The molecule has 2 aromatic rings. The van der Waals surface area contributed by atoms with Crippen molar-refractivity contribution in [2.75, 3.05) is 0 Å². The van der Waals surface area contributed by atoms with E-state index in [1.165, 1.54) is 0 Å². The van der Waals surface area contributed by atoms with E-state index in [1.807, 2.05) is 61.5 Å². The molecule has 0 bridgehead atoms. The molecule has 5 heteroatoms. The number of carbonyl (C=O) groups is 2. The van der Waals surface area contributed by atoms with Crippen LogP contribution in [0.15, 0.2) is 54.6 Å². The van der Waals surface area contributed by atoms with E-state index in [4.69, 9.17) is 4.74 Å². The van der Waals surface area contributed by atoms with Crippen LogP contribution in [0.4, 0.5) is 4.79 Å². The van der Waals surface area contributed by atoms with Crippen LogP contribution in [-0.2, 0) is 15.1 Å². The molecule has 0 aliphatic heterocycles. The van der Waals surface area contributed by atoms with Gasteiger partial charge >= 0.3 is 12.1 Å². The van der Waals surface area contributed by atoms with Gasteiger partial charge in [0.05, 0.1) is 0 Å². The van der Waals surface area contributed by atoms with Crippen molar-refractivity contribution in [2.45, 2.75) is 45.8 Å². The zero-order valence-corrected chi connectivity index (χ0v) is 16.2. The van der Waals surface area contributed by atoms with E-state index in [2.05, 4.69) is 5.32 Å². The molecular formula is C22H27NO4. The number of hydrogen-bond donors (Lipinski definition) is 2. The number of amides is 1. The summed E-state index contributed by atoms with van der Waals surface area (Å²) in [5.41, 5.74) is 2.12. The lowest BCUT2D eigenvalue weighted by Gasteiger charge is -2.28. The van der Waals surface area contributed by atoms with Crippen LogP contribution < -0.4 is 5.32 Å². The summed E-state index contributed by atoms with van der Waals surface area (Å²) in [5.74, 6) is -1.25. The highest BCUT2D eigenvalue weighted by Gasteiger charge is 2.30. The lowest BCUT2D eigenvalue weighted by molar-refractivity contribution is -0.140. The molecule has 2 N–H and O–H groups in total. The van der Waals surface area contributed by atoms with Crippen LogP contribution in [-0.4, -0.2) is 23.2 Å². The molecule has 0 aliphatic rings. The molecule has 1 amide bonds. The Bertz CT molecular complexity index is 769. The number of aliphatic carboxylic acids is 1. The molecule has 27 heavy (non-hydrogen) atoms. The SMILES string of the molecule is CC[C@@H](C)[C@H](NC(=O)OC(C)(C)c1ccc(-c2ccccc2)cc1)C(=O)O. The molecule has 0 fully saturated rings. The van der Waals surface area contributed by atoms with Gasteiger partial charge in [0.15, 0.2) is 0 Å². The maximum absolute atomic E-state index is 12.3. The Morgan fingerprint density at radius 3 is 2.11 bits per heavy atom. The lowest BCUT2D eigenvalue weighted by atomic mass is 9.95. The van der Waals surface area contributed by atoms with Crippen LogP contribution in [0.2, 0.25) is 0 Å². The van der Waals surface area contributed by atoms with E-state index in [-0.39, 0.29) is 5.92 Å². The Balaban J connectivity index is 2.09. The second-order valence-corrected chi connectivity index (χ2v) is 7.19. The summed E-state index contributed by atoms with van der Waals surface area (Å²) < 4.78 is 5.53. The Morgan fingerprint density at radius 2 is 1.59 bits per heavy atom. The average molecular weight is 369 g/mol. The van der Waals surface area contributed by atoms with Gasteiger partial charge in [-0.25, -0.2) is 9.59 Å². The van der Waals surface area contributed by atoms with E-state index >= 15 is 0 Å². The molecule has 2 atom stereocenters. The van der Waals surface area contributed by atoms with Crippen molar-refractivity contribution in [1.29, 1.82) is 0 Å². The van der Waals surface area contributed by atoms with E-state index < -0.39 is 23.7 Å². The van der Waals surface area contributed by atoms with E-state index in [0.717, 1.165) is 16.7 Å². The molecule has 2 rings (SSSR count). The maximum Gasteiger partial charge on any atom is 0.408 e. The summed E-state index contributed by atoms with van der Waals surface area (Å²) in [4.78, 5) is 23.6. The number of alkyl carbamates (subject to hydrolysis) is 1. The average Bonchev–Trinajstić information content (AvgIpc) is 2.65. The summed E-state index contributed by atoms with van der Waals surface area (Å²) in [5, 5.41) is 11.8. The van der Waals surface area contributed by atoms with Gasteiger partial charge in [-0.2, -0.15) is 0 Å². The van der Waals surface area contributed by atoms with Crippen molar-refractivity contribution in [3.8, 4) is 11.1 Å². The summed E-state index contributed by atoms with van der Waals surface area (Å²) in [6, 6.07) is 16.8. The fourth-order valence-electron chi connectivity index (χ4n) is 2.82. The molecule has 0 radical (unpaired) electrons. The van der Waals surface area contributed by atoms with Gasteiger partial charge in [-0.15, -0.1) is 0 Å². The minimum Gasteiger partial charge on any atom is -0.480 e. The second-order valence-electron chi connectivity index (χ2n) is 7.19. The highest BCUT2D eigenvalue weighted by Crippen LogP contribution is 2.28. The van der Waals surface area contributed by atoms with Crippen LogP contribution in [0.5, 0.6) is 0 Å². The van der Waals surface area contributed by atoms with Crippen molar-refractivity contribution in [2.24, 2.45) is 5.92 Å². The minimum absolute atomic E-state index is 0.191. The third-order valence-electron chi connectivity index (χ3n) is 4.79. The molecule has 0 aliphatic carbocycles. The van der Waals surface area contributed by atoms with Gasteiger partial charge in [0.1, 0.15) is 11.6 Å². The van der Waals surface area contributed by atoms with E-state index in [1.54, 1.807) is 20.8 Å². The third-order valence-corrected chi connectivity index (χ3v) is 4.79. The number of ether oxygens (including phenoxy) is 1. The van der Waals surface area contributed by atoms with Gasteiger partial charge in [0.2, 0.25) is 0 Å². The van der Waals surface area contributed by atoms with E-state index in [9.17, 15) is 14.7 Å². The van der Waals surface area contributed by atoms with Crippen LogP contribution in [0.25, 0.3) is 11.1 Å². The van der Waals surface area contributed by atoms with Crippen molar-refractivity contribution in [3.63, 3.8) is 0 Å². The molecule has 5 nitrogen and oxygen atoms in total. The first-order chi connectivity index (χ1) is 12.7. The standard InChI is InChI=1S/C22H27NO4/c1-5-15(2)19(20(24)25)23-21(26)27-22(3,4)18-13-11-17(12-14-18)16-9-7-6-8-10-16/h6-15,19H,5H2,1-4H3,(H,23,26)(H,24,25)/t15-,19+/m1/s1. The smallest absolute Gasteiger partial charge is 0.408 e. The number of hydrogen-bond acceptors (Lipinski definition) is 3. The zero-order valence-electron chi connectivity index (χ0n) is 16.2. The summed E-state index contributed by atoms with van der Waals surface area (Å²) >= 11 is 0. The largest absolute Gasteiger partial charge is 0.480 e. The normalized spacial score (nSPS) is 13.5. The Morgan fingerprint density at radius 1 is 1.04 bits per heavy atom. The van der Waals surface area contributed by atoms with Crippen molar-refractivity contribution in [1.82, 2.24) is 5.32 Å². The predicted molar refractivity (Wildman–Crippen MR) is 105 cm³/mol. The number of benzene rings is 2. The van der Waals surface area contributed by atoms with Gasteiger partial charge in [-0.3, -0.25) is 0 Å². The fourth-order valence-corrected chi connectivity index (χ4v) is 2.82. The van der Waals surface area contributed by atoms with Gasteiger partial charge in [-0.05, 0) is 36.5 Å². The first-order valence-electron chi connectivity index (χ1n) is 9.13. The van der Waals surface area contributed by atoms with E-state index in [0.29, 0.717) is 6.42 Å². The van der Waals surface area contributed by atoms with Crippen LogP contribution in [0.1, 0.15) is 39.7 Å². The quantitative estimate of drug-likeness (QED) is 0.734.